The lowest BCUT2D eigenvalue weighted by Crippen LogP contribution is -2.33. The van der Waals surface area contributed by atoms with Crippen LogP contribution in [0.2, 0.25) is 0 Å². The van der Waals surface area contributed by atoms with E-state index in [0.29, 0.717) is 5.75 Å². The van der Waals surface area contributed by atoms with Gasteiger partial charge in [-0.3, -0.25) is 9.59 Å². The Hall–Kier alpha value is -1.49. The molecule has 0 saturated carbocycles. The molecule has 1 amide bonds. The molecule has 0 aliphatic heterocycles. The van der Waals surface area contributed by atoms with E-state index in [4.69, 9.17) is 5.11 Å². The van der Waals surface area contributed by atoms with Crippen molar-refractivity contribution < 1.29 is 14.7 Å². The third kappa shape index (κ3) is 11.2. The summed E-state index contributed by atoms with van der Waals surface area (Å²) in [6.07, 6.45) is 9.61. The lowest BCUT2D eigenvalue weighted by molar-refractivity contribution is -0.137. The number of hydrogen-bond acceptors (Lipinski definition) is 3. The van der Waals surface area contributed by atoms with Gasteiger partial charge in [-0.2, -0.15) is 12.6 Å². The zero-order valence-corrected chi connectivity index (χ0v) is 16.6. The van der Waals surface area contributed by atoms with E-state index in [0.717, 1.165) is 45.1 Å². The van der Waals surface area contributed by atoms with Gasteiger partial charge in [-0.1, -0.05) is 68.9 Å². The summed E-state index contributed by atoms with van der Waals surface area (Å²) in [4.78, 5) is 22.7. The van der Waals surface area contributed by atoms with Gasteiger partial charge in [-0.25, -0.2) is 0 Å². The largest absolute Gasteiger partial charge is 0.481 e. The van der Waals surface area contributed by atoms with Crippen LogP contribution in [0.5, 0.6) is 0 Å². The molecule has 0 spiro atoms. The standard InChI is InChI=1S/C21H33NO3S/c23-20(24)14-10-5-3-1-2-4-6-11-15-22-21(25)19(17-26)16-18-12-8-7-9-13-18/h7-9,12-13,19,26H,1-6,10-11,14-17H2,(H,22,25)(H,23,24). The number of carboxylic acid groups (broad SMARTS) is 1. The van der Waals surface area contributed by atoms with Crippen molar-refractivity contribution in [3.8, 4) is 0 Å². The van der Waals surface area contributed by atoms with Crippen LogP contribution in [-0.2, 0) is 16.0 Å². The van der Waals surface area contributed by atoms with Crippen molar-refractivity contribution in [2.75, 3.05) is 12.3 Å². The van der Waals surface area contributed by atoms with E-state index in [1.165, 1.54) is 24.8 Å². The molecule has 0 aliphatic rings. The zero-order valence-electron chi connectivity index (χ0n) is 15.7. The van der Waals surface area contributed by atoms with E-state index < -0.39 is 5.97 Å². The highest BCUT2D eigenvalue weighted by molar-refractivity contribution is 7.80. The highest BCUT2D eigenvalue weighted by atomic mass is 32.1. The van der Waals surface area contributed by atoms with Crippen molar-refractivity contribution in [2.24, 2.45) is 5.92 Å². The number of rotatable bonds is 15. The summed E-state index contributed by atoms with van der Waals surface area (Å²) >= 11 is 4.33. The van der Waals surface area contributed by atoms with Crippen LogP contribution >= 0.6 is 12.6 Å². The second kappa shape index (κ2) is 14.7. The van der Waals surface area contributed by atoms with Gasteiger partial charge < -0.3 is 10.4 Å². The number of aliphatic carboxylic acids is 1. The van der Waals surface area contributed by atoms with Gasteiger partial charge in [0.15, 0.2) is 0 Å². The van der Waals surface area contributed by atoms with Crippen LogP contribution in [0, 0.1) is 5.92 Å². The first-order valence-corrected chi connectivity index (χ1v) is 10.4. The first-order chi connectivity index (χ1) is 12.6. The van der Waals surface area contributed by atoms with Crippen molar-refractivity contribution >= 4 is 24.5 Å². The van der Waals surface area contributed by atoms with Gasteiger partial charge in [0.1, 0.15) is 0 Å². The van der Waals surface area contributed by atoms with Crippen molar-refractivity contribution in [1.82, 2.24) is 5.32 Å². The van der Waals surface area contributed by atoms with Crippen molar-refractivity contribution in [1.29, 1.82) is 0 Å². The Balaban J connectivity index is 2.01. The summed E-state index contributed by atoms with van der Waals surface area (Å²) in [6.45, 7) is 0.733. The number of carbonyl (C=O) groups is 2. The molecule has 0 saturated heterocycles. The Bertz CT molecular complexity index is 507. The van der Waals surface area contributed by atoms with Gasteiger partial charge in [0.2, 0.25) is 5.91 Å². The third-order valence-electron chi connectivity index (χ3n) is 4.53. The molecule has 0 heterocycles. The number of unbranched alkanes of at least 4 members (excludes halogenated alkanes) is 7. The fourth-order valence-corrected chi connectivity index (χ4v) is 3.25. The van der Waals surface area contributed by atoms with Crippen LogP contribution in [0.25, 0.3) is 0 Å². The van der Waals surface area contributed by atoms with E-state index in [2.05, 4.69) is 17.9 Å². The SMILES string of the molecule is O=C(O)CCCCCCCCCCNC(=O)C(CS)Cc1ccccc1. The summed E-state index contributed by atoms with van der Waals surface area (Å²) in [6, 6.07) is 10.1. The van der Waals surface area contributed by atoms with Gasteiger partial charge >= 0.3 is 5.97 Å². The van der Waals surface area contributed by atoms with E-state index in [1.54, 1.807) is 0 Å². The fraction of sp³-hybridized carbons (Fsp3) is 0.619. The molecule has 1 unspecified atom stereocenters. The van der Waals surface area contributed by atoms with E-state index in [1.807, 2.05) is 30.3 Å². The summed E-state index contributed by atoms with van der Waals surface area (Å²) in [7, 11) is 0. The molecule has 0 aromatic heterocycles. The molecule has 1 atom stereocenters. The normalized spacial score (nSPS) is 11.9. The Morgan fingerprint density at radius 3 is 2.08 bits per heavy atom. The predicted molar refractivity (Wildman–Crippen MR) is 110 cm³/mol. The second-order valence-electron chi connectivity index (χ2n) is 6.83. The van der Waals surface area contributed by atoms with Crippen LogP contribution in [0.3, 0.4) is 0 Å². The first-order valence-electron chi connectivity index (χ1n) is 9.77. The summed E-state index contributed by atoms with van der Waals surface area (Å²) < 4.78 is 0. The Kier molecular flexibility index (Phi) is 12.7. The predicted octanol–water partition coefficient (Wildman–Crippen LogP) is 4.49. The van der Waals surface area contributed by atoms with E-state index >= 15 is 0 Å². The maximum Gasteiger partial charge on any atom is 0.303 e. The maximum absolute atomic E-state index is 12.3. The minimum absolute atomic E-state index is 0.0773. The number of hydrogen-bond donors (Lipinski definition) is 3. The van der Waals surface area contributed by atoms with Crippen molar-refractivity contribution in [2.45, 2.75) is 64.2 Å². The quantitative estimate of drug-likeness (QED) is 0.311. The monoisotopic (exact) mass is 379 g/mol. The molecule has 146 valence electrons. The van der Waals surface area contributed by atoms with Crippen LogP contribution in [0.15, 0.2) is 30.3 Å². The number of carbonyl (C=O) groups excluding carboxylic acids is 1. The highest BCUT2D eigenvalue weighted by Gasteiger charge is 2.16. The highest BCUT2D eigenvalue weighted by Crippen LogP contribution is 2.12. The minimum atomic E-state index is -0.698. The molecule has 1 aromatic rings. The van der Waals surface area contributed by atoms with Crippen LogP contribution in [0.4, 0.5) is 0 Å². The van der Waals surface area contributed by atoms with Crippen molar-refractivity contribution in [3.05, 3.63) is 35.9 Å². The summed E-state index contributed by atoms with van der Waals surface area (Å²) in [5.74, 6) is -0.118. The Morgan fingerprint density at radius 2 is 1.50 bits per heavy atom. The topological polar surface area (TPSA) is 66.4 Å². The number of amides is 1. The molecule has 1 rings (SSSR count). The molecule has 0 fully saturated rings. The van der Waals surface area contributed by atoms with E-state index in [9.17, 15) is 9.59 Å². The Morgan fingerprint density at radius 1 is 0.923 bits per heavy atom. The van der Waals surface area contributed by atoms with Gasteiger partial charge in [0, 0.05) is 18.7 Å². The fourth-order valence-electron chi connectivity index (χ4n) is 2.96. The minimum Gasteiger partial charge on any atom is -0.481 e. The van der Waals surface area contributed by atoms with Gasteiger partial charge in [0.25, 0.3) is 0 Å². The van der Waals surface area contributed by atoms with Crippen LogP contribution in [-0.4, -0.2) is 29.3 Å². The lowest BCUT2D eigenvalue weighted by atomic mass is 10.00. The van der Waals surface area contributed by atoms with Gasteiger partial charge in [-0.05, 0) is 24.8 Å². The first kappa shape index (κ1) is 22.6. The third-order valence-corrected chi connectivity index (χ3v) is 4.97. The maximum atomic E-state index is 12.3. The number of carboxylic acids is 1. The molecule has 2 N–H and O–H groups in total. The summed E-state index contributed by atoms with van der Waals surface area (Å²) in [5.41, 5.74) is 1.17. The number of benzene rings is 1. The van der Waals surface area contributed by atoms with Crippen molar-refractivity contribution in [3.63, 3.8) is 0 Å². The van der Waals surface area contributed by atoms with Crippen LogP contribution in [0.1, 0.15) is 63.4 Å². The van der Waals surface area contributed by atoms with Gasteiger partial charge in [0.05, 0.1) is 5.92 Å². The molecule has 26 heavy (non-hydrogen) atoms. The van der Waals surface area contributed by atoms with Gasteiger partial charge in [-0.15, -0.1) is 0 Å². The molecule has 0 bridgehead atoms. The van der Waals surface area contributed by atoms with E-state index in [-0.39, 0.29) is 18.2 Å². The molecule has 0 radical (unpaired) electrons. The average Bonchev–Trinajstić information content (AvgIpc) is 2.64. The molecule has 4 nitrogen and oxygen atoms in total. The summed E-state index contributed by atoms with van der Waals surface area (Å²) in [5, 5.41) is 11.6. The molecule has 5 heteroatoms. The van der Waals surface area contributed by atoms with Crippen LogP contribution < -0.4 is 5.32 Å². The number of nitrogens with one attached hydrogen (secondary N) is 1. The zero-order chi connectivity index (χ0) is 19.0. The Labute approximate surface area is 163 Å². The molecule has 1 aromatic carbocycles. The average molecular weight is 380 g/mol. The second-order valence-corrected chi connectivity index (χ2v) is 7.20. The molecular formula is C21H33NO3S. The number of thiol groups is 1. The molecule has 0 aliphatic carbocycles. The smallest absolute Gasteiger partial charge is 0.303 e. The lowest BCUT2D eigenvalue weighted by Gasteiger charge is -2.14. The molecular weight excluding hydrogens is 346 g/mol.